The van der Waals surface area contributed by atoms with E-state index in [1.807, 2.05) is 0 Å². The van der Waals surface area contributed by atoms with Gasteiger partial charge in [0.2, 0.25) is 0 Å². The minimum absolute atomic E-state index is 0.0753. The minimum atomic E-state index is -4.63. The molecular formula is C12H14F3NO. The zero-order chi connectivity index (χ0) is 12.3. The number of rotatable bonds is 2. The van der Waals surface area contributed by atoms with Crippen molar-refractivity contribution in [3.05, 3.63) is 29.8 Å². The average Bonchev–Trinajstić information content (AvgIpc) is 2.29. The maximum atomic E-state index is 12.3. The Bertz CT molecular complexity index is 372. The van der Waals surface area contributed by atoms with Crippen molar-refractivity contribution in [2.45, 2.75) is 25.1 Å². The predicted octanol–water partition coefficient (Wildman–Crippen LogP) is 3.05. The van der Waals surface area contributed by atoms with Crippen LogP contribution in [-0.2, 0) is 0 Å². The Labute approximate surface area is 97.8 Å². The van der Waals surface area contributed by atoms with Crippen molar-refractivity contribution in [2.24, 2.45) is 0 Å². The molecule has 1 N–H and O–H groups in total. The van der Waals surface area contributed by atoms with Crippen LogP contribution in [0.15, 0.2) is 24.3 Å². The van der Waals surface area contributed by atoms with E-state index < -0.39 is 6.36 Å². The maximum absolute atomic E-state index is 12.3. The molecule has 0 aliphatic carbocycles. The van der Waals surface area contributed by atoms with Crippen molar-refractivity contribution in [1.82, 2.24) is 5.32 Å². The minimum Gasteiger partial charge on any atom is -0.405 e. The molecule has 0 aromatic heterocycles. The van der Waals surface area contributed by atoms with Crippen molar-refractivity contribution in [3.8, 4) is 5.75 Å². The Hall–Kier alpha value is -1.23. The Morgan fingerprint density at radius 3 is 2.65 bits per heavy atom. The molecule has 1 aliphatic heterocycles. The number of nitrogens with one attached hydrogen (secondary N) is 1. The van der Waals surface area contributed by atoms with Crippen molar-refractivity contribution >= 4 is 0 Å². The molecule has 0 radical (unpaired) electrons. The molecule has 94 valence electrons. The van der Waals surface area contributed by atoms with E-state index in [4.69, 9.17) is 0 Å². The Kier molecular flexibility index (Phi) is 3.57. The number of ether oxygens (including phenoxy) is 1. The van der Waals surface area contributed by atoms with Crippen LogP contribution in [0.3, 0.4) is 0 Å². The van der Waals surface area contributed by atoms with Gasteiger partial charge >= 0.3 is 6.36 Å². The summed E-state index contributed by atoms with van der Waals surface area (Å²) in [6.07, 6.45) is -2.76. The molecule has 2 rings (SSSR count). The quantitative estimate of drug-likeness (QED) is 0.864. The molecule has 1 heterocycles. The Balaban J connectivity index is 2.20. The lowest BCUT2D eigenvalue weighted by molar-refractivity contribution is -0.275. The van der Waals surface area contributed by atoms with Crippen LogP contribution in [0.1, 0.15) is 24.3 Å². The van der Waals surface area contributed by atoms with E-state index >= 15 is 0 Å². The molecule has 1 saturated heterocycles. The first-order valence-corrected chi connectivity index (χ1v) is 5.61. The van der Waals surface area contributed by atoms with E-state index in [0.29, 0.717) is 12.1 Å². The highest BCUT2D eigenvalue weighted by molar-refractivity contribution is 5.36. The number of para-hydroxylation sites is 1. The average molecular weight is 245 g/mol. The molecule has 0 saturated carbocycles. The first kappa shape index (κ1) is 12.2. The molecule has 17 heavy (non-hydrogen) atoms. The van der Waals surface area contributed by atoms with Gasteiger partial charge in [0.15, 0.2) is 0 Å². The number of hydrogen-bond donors (Lipinski definition) is 1. The Morgan fingerprint density at radius 2 is 2.00 bits per heavy atom. The van der Waals surface area contributed by atoms with E-state index in [0.717, 1.165) is 19.4 Å². The summed E-state index contributed by atoms with van der Waals surface area (Å²) in [5.74, 6) is 0.0241. The number of halogens is 3. The van der Waals surface area contributed by atoms with Gasteiger partial charge in [-0.1, -0.05) is 18.2 Å². The second kappa shape index (κ2) is 4.96. The first-order chi connectivity index (χ1) is 8.06. The van der Waals surface area contributed by atoms with Crippen molar-refractivity contribution < 1.29 is 17.9 Å². The molecule has 0 unspecified atom stereocenters. The molecular weight excluding hydrogens is 231 g/mol. The number of piperidine rings is 1. The standard InChI is InChI=1S/C12H14F3NO/c13-12(14,15)17-11-6-2-1-5-10(11)9-4-3-7-16-8-9/h1-2,5-6,9,16H,3-4,7-8H2/t9-/m1/s1. The highest BCUT2D eigenvalue weighted by Gasteiger charge is 2.33. The highest BCUT2D eigenvalue weighted by atomic mass is 19.4. The summed E-state index contributed by atoms with van der Waals surface area (Å²) in [6.45, 7) is 1.64. The summed E-state index contributed by atoms with van der Waals surface area (Å²) >= 11 is 0. The molecule has 0 bridgehead atoms. The third kappa shape index (κ3) is 3.36. The van der Waals surface area contributed by atoms with Gasteiger partial charge in [-0.15, -0.1) is 13.2 Å². The van der Waals surface area contributed by atoms with Crippen molar-refractivity contribution in [1.29, 1.82) is 0 Å². The van der Waals surface area contributed by atoms with Gasteiger partial charge in [0.05, 0.1) is 0 Å². The molecule has 1 atom stereocenters. The second-order valence-electron chi connectivity index (χ2n) is 4.13. The van der Waals surface area contributed by atoms with E-state index in [-0.39, 0.29) is 11.7 Å². The summed E-state index contributed by atoms with van der Waals surface area (Å²) in [6, 6.07) is 6.38. The highest BCUT2D eigenvalue weighted by Crippen LogP contribution is 2.33. The lowest BCUT2D eigenvalue weighted by atomic mass is 9.91. The molecule has 1 aliphatic rings. The van der Waals surface area contributed by atoms with Gasteiger partial charge < -0.3 is 10.1 Å². The van der Waals surface area contributed by atoms with Gasteiger partial charge in [-0.05, 0) is 31.0 Å². The number of alkyl halides is 3. The van der Waals surface area contributed by atoms with Gasteiger partial charge in [-0.25, -0.2) is 0 Å². The summed E-state index contributed by atoms with van der Waals surface area (Å²) in [7, 11) is 0. The van der Waals surface area contributed by atoms with Crippen LogP contribution < -0.4 is 10.1 Å². The number of hydrogen-bond acceptors (Lipinski definition) is 2. The third-order valence-corrected chi connectivity index (χ3v) is 2.88. The lowest BCUT2D eigenvalue weighted by Gasteiger charge is -2.25. The largest absolute Gasteiger partial charge is 0.573 e. The van der Waals surface area contributed by atoms with Crippen LogP contribution >= 0.6 is 0 Å². The van der Waals surface area contributed by atoms with Crippen LogP contribution in [-0.4, -0.2) is 19.5 Å². The summed E-state index contributed by atoms with van der Waals surface area (Å²) in [4.78, 5) is 0. The van der Waals surface area contributed by atoms with Crippen molar-refractivity contribution in [3.63, 3.8) is 0 Å². The van der Waals surface area contributed by atoms with Crippen LogP contribution in [0.5, 0.6) is 5.75 Å². The predicted molar refractivity (Wildman–Crippen MR) is 58.0 cm³/mol. The number of benzene rings is 1. The second-order valence-corrected chi connectivity index (χ2v) is 4.13. The van der Waals surface area contributed by atoms with Crippen LogP contribution in [0, 0.1) is 0 Å². The fourth-order valence-corrected chi connectivity index (χ4v) is 2.15. The monoisotopic (exact) mass is 245 g/mol. The van der Waals surface area contributed by atoms with E-state index in [1.165, 1.54) is 6.07 Å². The fraction of sp³-hybridized carbons (Fsp3) is 0.500. The van der Waals surface area contributed by atoms with Gasteiger partial charge in [0.1, 0.15) is 5.75 Å². The van der Waals surface area contributed by atoms with Gasteiger partial charge in [0, 0.05) is 12.5 Å². The van der Waals surface area contributed by atoms with E-state index in [2.05, 4.69) is 10.1 Å². The lowest BCUT2D eigenvalue weighted by Crippen LogP contribution is -2.29. The zero-order valence-electron chi connectivity index (χ0n) is 9.26. The SMILES string of the molecule is FC(F)(F)Oc1ccccc1[C@@H]1CCCNC1. The molecule has 0 amide bonds. The van der Waals surface area contributed by atoms with Crippen molar-refractivity contribution in [2.75, 3.05) is 13.1 Å². The maximum Gasteiger partial charge on any atom is 0.573 e. The fourth-order valence-electron chi connectivity index (χ4n) is 2.15. The third-order valence-electron chi connectivity index (χ3n) is 2.88. The summed E-state index contributed by atoms with van der Waals surface area (Å²) in [5.41, 5.74) is 0.636. The van der Waals surface area contributed by atoms with Crippen LogP contribution in [0.2, 0.25) is 0 Å². The Morgan fingerprint density at radius 1 is 1.24 bits per heavy atom. The molecule has 0 spiro atoms. The molecule has 1 fully saturated rings. The topological polar surface area (TPSA) is 21.3 Å². The van der Waals surface area contributed by atoms with Gasteiger partial charge in [-0.2, -0.15) is 0 Å². The zero-order valence-corrected chi connectivity index (χ0v) is 9.26. The van der Waals surface area contributed by atoms with E-state index in [1.54, 1.807) is 18.2 Å². The molecule has 2 nitrogen and oxygen atoms in total. The molecule has 5 heteroatoms. The van der Waals surface area contributed by atoms with Crippen LogP contribution in [0.25, 0.3) is 0 Å². The molecule has 1 aromatic carbocycles. The summed E-state index contributed by atoms with van der Waals surface area (Å²) in [5, 5.41) is 3.19. The summed E-state index contributed by atoms with van der Waals surface area (Å²) < 4.78 is 40.8. The van der Waals surface area contributed by atoms with Crippen LogP contribution in [0.4, 0.5) is 13.2 Å². The van der Waals surface area contributed by atoms with E-state index in [9.17, 15) is 13.2 Å². The van der Waals surface area contributed by atoms with Gasteiger partial charge in [-0.3, -0.25) is 0 Å². The van der Waals surface area contributed by atoms with Gasteiger partial charge in [0.25, 0.3) is 0 Å². The normalized spacial score (nSPS) is 21.2. The molecule has 1 aromatic rings. The smallest absolute Gasteiger partial charge is 0.405 e. The first-order valence-electron chi connectivity index (χ1n) is 5.61.